The van der Waals surface area contributed by atoms with Gasteiger partial charge in [0.1, 0.15) is 0 Å². The smallest absolute Gasteiger partial charge is 0.255 e. The molecule has 0 aromatic heterocycles. The Morgan fingerprint density at radius 1 is 0.824 bits per heavy atom. The highest BCUT2D eigenvalue weighted by Gasteiger charge is 2.50. The van der Waals surface area contributed by atoms with Gasteiger partial charge < -0.3 is 5.32 Å². The highest BCUT2D eigenvalue weighted by atomic mass is 35.5. The van der Waals surface area contributed by atoms with Crippen molar-refractivity contribution in [1.82, 2.24) is 0 Å². The molecule has 3 aromatic rings. The number of benzene rings is 3. The molecule has 1 heterocycles. The van der Waals surface area contributed by atoms with Gasteiger partial charge in [-0.3, -0.25) is 19.3 Å². The van der Waals surface area contributed by atoms with Crippen LogP contribution in [0.5, 0.6) is 0 Å². The summed E-state index contributed by atoms with van der Waals surface area (Å²) < 4.78 is 0. The van der Waals surface area contributed by atoms with E-state index in [1.807, 2.05) is 18.2 Å². The van der Waals surface area contributed by atoms with Crippen molar-refractivity contribution < 1.29 is 14.4 Å². The Kier molecular flexibility index (Phi) is 6.15. The maximum atomic E-state index is 13.2. The van der Waals surface area contributed by atoms with E-state index in [-0.39, 0.29) is 35.5 Å². The number of carbonyl (C=O) groups excluding carboxylic acids is 3. The number of imide groups is 1. The number of fused-ring (bicyclic) bond motifs is 1. The first kappa shape index (κ1) is 22.6. The summed E-state index contributed by atoms with van der Waals surface area (Å²) in [4.78, 5) is 40.3. The predicted octanol–water partition coefficient (Wildman–Crippen LogP) is 6.32. The quantitative estimate of drug-likeness (QED) is 0.433. The summed E-state index contributed by atoms with van der Waals surface area (Å²) in [6.07, 6.45) is 2.28. The number of hydrogen-bond acceptors (Lipinski definition) is 3. The Morgan fingerprint density at radius 3 is 2.24 bits per heavy atom. The second kappa shape index (κ2) is 9.24. The Morgan fingerprint density at radius 2 is 1.53 bits per heavy atom. The summed E-state index contributed by atoms with van der Waals surface area (Å²) in [6, 6.07) is 21.5. The zero-order valence-electron chi connectivity index (χ0n) is 18.2. The third-order valence-electron chi connectivity index (χ3n) is 6.76. The van der Waals surface area contributed by atoms with Gasteiger partial charge in [-0.2, -0.15) is 0 Å². The molecule has 3 amide bonds. The fourth-order valence-corrected chi connectivity index (χ4v) is 5.30. The lowest BCUT2D eigenvalue weighted by Crippen LogP contribution is -2.30. The van der Waals surface area contributed by atoms with Crippen molar-refractivity contribution in [2.45, 2.75) is 25.2 Å². The minimum Gasteiger partial charge on any atom is -0.322 e. The molecule has 3 atom stereocenters. The number of halogens is 2. The molecule has 2 fully saturated rings. The van der Waals surface area contributed by atoms with E-state index in [4.69, 9.17) is 23.2 Å². The molecule has 1 saturated carbocycles. The van der Waals surface area contributed by atoms with E-state index in [1.54, 1.807) is 42.5 Å². The Bertz CT molecular complexity index is 1260. The molecule has 34 heavy (non-hydrogen) atoms. The molecule has 3 aromatic carbocycles. The van der Waals surface area contributed by atoms with Crippen LogP contribution in [0.1, 0.15) is 41.1 Å². The normalized spacial score (nSPS) is 21.9. The average molecular weight is 493 g/mol. The topological polar surface area (TPSA) is 66.5 Å². The fraction of sp³-hybridized carbons (Fsp3) is 0.222. The lowest BCUT2D eigenvalue weighted by Gasteiger charge is -2.28. The number of anilines is 2. The third-order valence-corrected chi connectivity index (χ3v) is 7.50. The van der Waals surface area contributed by atoms with Crippen LogP contribution in [-0.2, 0) is 9.59 Å². The number of carbonyl (C=O) groups is 3. The van der Waals surface area contributed by atoms with Crippen LogP contribution in [0.25, 0.3) is 0 Å². The van der Waals surface area contributed by atoms with Crippen LogP contribution >= 0.6 is 23.2 Å². The summed E-state index contributed by atoms with van der Waals surface area (Å²) >= 11 is 11.9. The Hall–Kier alpha value is -3.15. The molecular weight excluding hydrogens is 471 g/mol. The largest absolute Gasteiger partial charge is 0.322 e. The zero-order chi connectivity index (χ0) is 23.8. The first-order chi connectivity index (χ1) is 16.4. The first-order valence-electron chi connectivity index (χ1n) is 11.2. The standard InChI is InChI=1S/C27H22Cl2N2O3/c28-23-13-9-19(15-24(23)29)30-25(32)17-6-10-20(11-7-17)31-26(33)21-12-8-18(14-22(21)27(31)34)16-4-2-1-3-5-16/h1-7,9-11,13,15,18,21-22H,8,12,14H2,(H,30,32)/t18-,21-,22+/m1/s1. The van der Waals surface area contributed by atoms with Gasteiger partial charge in [-0.25, -0.2) is 0 Å². The first-order valence-corrected chi connectivity index (χ1v) is 12.0. The van der Waals surface area contributed by atoms with Gasteiger partial charge >= 0.3 is 0 Å². The summed E-state index contributed by atoms with van der Waals surface area (Å²) in [5.74, 6) is -0.915. The summed E-state index contributed by atoms with van der Waals surface area (Å²) in [7, 11) is 0. The summed E-state index contributed by atoms with van der Waals surface area (Å²) in [5, 5.41) is 3.51. The molecule has 1 saturated heterocycles. The molecule has 1 aliphatic heterocycles. The molecule has 0 radical (unpaired) electrons. The van der Waals surface area contributed by atoms with Crippen molar-refractivity contribution in [2.75, 3.05) is 10.2 Å². The SMILES string of the molecule is O=C(Nc1ccc(Cl)c(Cl)c1)c1ccc(N2C(=O)[C@H]3C[C@H](c4ccccc4)CC[C@H]3C2=O)cc1. The predicted molar refractivity (Wildman–Crippen MR) is 133 cm³/mol. The molecule has 2 aliphatic rings. The Balaban J connectivity index is 1.30. The lowest BCUT2D eigenvalue weighted by molar-refractivity contribution is -0.122. The van der Waals surface area contributed by atoms with Gasteiger partial charge in [0.25, 0.3) is 5.91 Å². The maximum absolute atomic E-state index is 13.2. The number of hydrogen-bond donors (Lipinski definition) is 1. The summed E-state index contributed by atoms with van der Waals surface area (Å²) in [6.45, 7) is 0. The average Bonchev–Trinajstić information content (AvgIpc) is 3.11. The van der Waals surface area contributed by atoms with Crippen LogP contribution in [-0.4, -0.2) is 17.7 Å². The van der Waals surface area contributed by atoms with Gasteiger partial charge in [-0.05, 0) is 73.2 Å². The molecule has 172 valence electrons. The van der Waals surface area contributed by atoms with Gasteiger partial charge in [0.05, 0.1) is 27.6 Å². The number of nitrogens with one attached hydrogen (secondary N) is 1. The molecule has 0 bridgehead atoms. The van der Waals surface area contributed by atoms with E-state index in [0.717, 1.165) is 6.42 Å². The zero-order valence-corrected chi connectivity index (χ0v) is 19.7. The lowest BCUT2D eigenvalue weighted by atomic mass is 9.73. The van der Waals surface area contributed by atoms with Gasteiger partial charge in [0.15, 0.2) is 0 Å². The van der Waals surface area contributed by atoms with Crippen LogP contribution in [0.2, 0.25) is 10.0 Å². The minimum atomic E-state index is -0.330. The maximum Gasteiger partial charge on any atom is 0.255 e. The van der Waals surface area contributed by atoms with E-state index >= 15 is 0 Å². The van der Waals surface area contributed by atoms with E-state index in [0.29, 0.717) is 39.8 Å². The van der Waals surface area contributed by atoms with Gasteiger partial charge in [0, 0.05) is 11.3 Å². The van der Waals surface area contributed by atoms with Crippen molar-refractivity contribution in [3.63, 3.8) is 0 Å². The van der Waals surface area contributed by atoms with Crippen LogP contribution in [0.3, 0.4) is 0 Å². The van der Waals surface area contributed by atoms with Gasteiger partial charge in [0.2, 0.25) is 11.8 Å². The molecule has 7 heteroatoms. The van der Waals surface area contributed by atoms with Crippen LogP contribution < -0.4 is 10.2 Å². The van der Waals surface area contributed by atoms with Gasteiger partial charge in [-0.1, -0.05) is 53.5 Å². The molecule has 1 N–H and O–H groups in total. The van der Waals surface area contributed by atoms with E-state index in [9.17, 15) is 14.4 Å². The van der Waals surface area contributed by atoms with E-state index in [2.05, 4.69) is 17.4 Å². The van der Waals surface area contributed by atoms with E-state index in [1.165, 1.54) is 10.5 Å². The Labute approximate surface area is 207 Å². The minimum absolute atomic E-state index is 0.144. The second-order valence-electron chi connectivity index (χ2n) is 8.78. The monoisotopic (exact) mass is 492 g/mol. The van der Waals surface area contributed by atoms with Gasteiger partial charge in [-0.15, -0.1) is 0 Å². The molecule has 5 rings (SSSR count). The fourth-order valence-electron chi connectivity index (χ4n) is 5.00. The van der Waals surface area contributed by atoms with Crippen molar-refractivity contribution in [3.8, 4) is 0 Å². The van der Waals surface area contributed by atoms with Crippen molar-refractivity contribution in [2.24, 2.45) is 11.8 Å². The number of amides is 3. The van der Waals surface area contributed by atoms with Crippen molar-refractivity contribution in [1.29, 1.82) is 0 Å². The highest BCUT2D eigenvalue weighted by Crippen LogP contribution is 2.45. The molecule has 5 nitrogen and oxygen atoms in total. The molecule has 1 aliphatic carbocycles. The van der Waals surface area contributed by atoms with Crippen molar-refractivity contribution in [3.05, 3.63) is 94.0 Å². The van der Waals surface area contributed by atoms with Crippen LogP contribution in [0.15, 0.2) is 72.8 Å². The second-order valence-corrected chi connectivity index (χ2v) is 9.59. The molecular formula is C27H22Cl2N2O3. The molecule has 0 spiro atoms. The molecule has 0 unspecified atom stereocenters. The number of rotatable bonds is 4. The van der Waals surface area contributed by atoms with Crippen molar-refractivity contribution >= 4 is 52.3 Å². The third kappa shape index (κ3) is 4.22. The highest BCUT2D eigenvalue weighted by molar-refractivity contribution is 6.42. The van der Waals surface area contributed by atoms with Crippen LogP contribution in [0, 0.1) is 11.8 Å². The van der Waals surface area contributed by atoms with Crippen LogP contribution in [0.4, 0.5) is 11.4 Å². The van der Waals surface area contributed by atoms with E-state index < -0.39 is 0 Å². The number of nitrogens with zero attached hydrogens (tertiary/aromatic N) is 1. The summed E-state index contributed by atoms with van der Waals surface area (Å²) in [5.41, 5.74) is 2.63.